The summed E-state index contributed by atoms with van der Waals surface area (Å²) in [6, 6.07) is 5.88. The fraction of sp³-hybridized carbons (Fsp3) is 0. The van der Waals surface area contributed by atoms with Gasteiger partial charge in [0.1, 0.15) is 4.34 Å². The summed E-state index contributed by atoms with van der Waals surface area (Å²) in [6.45, 7) is 0. The van der Waals surface area contributed by atoms with Crippen LogP contribution < -0.4 is 10.5 Å². The largest absolute Gasteiger partial charge is 0.399 e. The lowest BCUT2D eigenvalue weighted by Gasteiger charge is -2.04. The number of nitrogens with two attached hydrogens (primary N) is 1. The van der Waals surface area contributed by atoms with Gasteiger partial charge in [0.05, 0.1) is 11.1 Å². The quantitative estimate of drug-likeness (QED) is 0.848. The third-order valence-corrected chi connectivity index (χ3v) is 4.40. The minimum Gasteiger partial charge on any atom is -0.399 e. The molecule has 0 aliphatic carbocycles. The van der Waals surface area contributed by atoms with E-state index in [1.165, 1.54) is 30.5 Å². The van der Waals surface area contributed by atoms with Crippen LogP contribution in [0.4, 0.5) is 10.8 Å². The highest BCUT2D eigenvalue weighted by atomic mass is 35.5. The summed E-state index contributed by atoms with van der Waals surface area (Å²) in [4.78, 5) is 3.94. The summed E-state index contributed by atoms with van der Waals surface area (Å²) in [7, 11) is -3.63. The van der Waals surface area contributed by atoms with E-state index in [1.807, 2.05) is 0 Å². The van der Waals surface area contributed by atoms with E-state index in [0.717, 1.165) is 11.3 Å². The highest BCUT2D eigenvalue weighted by molar-refractivity contribution is 7.93. The molecule has 2 rings (SSSR count). The molecule has 2 aromatic rings. The zero-order chi connectivity index (χ0) is 12.5. The molecule has 0 aliphatic rings. The normalized spacial score (nSPS) is 11.4. The van der Waals surface area contributed by atoms with Crippen LogP contribution in [0.3, 0.4) is 0 Å². The Balaban J connectivity index is 2.28. The number of hydrogen-bond acceptors (Lipinski definition) is 5. The maximum Gasteiger partial charge on any atom is 0.263 e. The fourth-order valence-electron chi connectivity index (χ4n) is 1.12. The van der Waals surface area contributed by atoms with Gasteiger partial charge in [-0.3, -0.25) is 4.72 Å². The Morgan fingerprint density at radius 1 is 1.29 bits per heavy atom. The molecule has 0 aliphatic heterocycles. The summed E-state index contributed by atoms with van der Waals surface area (Å²) in [5.74, 6) is 0. The molecular formula is C9H8ClN3O2S2. The molecule has 3 N–H and O–H groups in total. The van der Waals surface area contributed by atoms with E-state index < -0.39 is 10.0 Å². The Morgan fingerprint density at radius 3 is 2.47 bits per heavy atom. The average Bonchev–Trinajstić information content (AvgIpc) is 2.63. The summed E-state index contributed by atoms with van der Waals surface area (Å²) < 4.78 is 26.5. The van der Waals surface area contributed by atoms with Gasteiger partial charge in [0, 0.05) is 5.69 Å². The molecule has 0 radical (unpaired) electrons. The number of hydrogen-bond donors (Lipinski definition) is 2. The van der Waals surface area contributed by atoms with Gasteiger partial charge < -0.3 is 5.73 Å². The second-order valence-corrected chi connectivity index (χ2v) is 6.49. The molecule has 17 heavy (non-hydrogen) atoms. The third kappa shape index (κ3) is 2.87. The standard InChI is InChI=1S/C9H8ClN3O2S2/c10-8-5-12-9(16-8)13-17(14,15)7-3-1-6(11)2-4-7/h1-5H,11H2,(H,12,13). The predicted octanol–water partition coefficient (Wildman–Crippen LogP) is 2.18. The summed E-state index contributed by atoms with van der Waals surface area (Å²) in [5, 5.41) is 0.229. The summed E-state index contributed by atoms with van der Waals surface area (Å²) in [6.07, 6.45) is 1.38. The minimum atomic E-state index is -3.63. The monoisotopic (exact) mass is 289 g/mol. The Kier molecular flexibility index (Phi) is 3.23. The number of nitrogens with one attached hydrogen (secondary N) is 1. The van der Waals surface area contributed by atoms with Crippen molar-refractivity contribution >= 4 is 43.8 Å². The SMILES string of the molecule is Nc1ccc(S(=O)(=O)Nc2ncc(Cl)s2)cc1. The van der Waals surface area contributed by atoms with Crippen LogP contribution in [-0.4, -0.2) is 13.4 Å². The molecule has 90 valence electrons. The van der Waals surface area contributed by atoms with E-state index in [1.54, 1.807) is 0 Å². The predicted molar refractivity (Wildman–Crippen MR) is 68.8 cm³/mol. The number of rotatable bonds is 3. The molecule has 0 spiro atoms. The van der Waals surface area contributed by atoms with E-state index in [-0.39, 0.29) is 10.0 Å². The van der Waals surface area contributed by atoms with Gasteiger partial charge in [-0.05, 0) is 24.3 Å². The molecule has 0 amide bonds. The van der Waals surface area contributed by atoms with Crippen LogP contribution in [0.5, 0.6) is 0 Å². The fourth-order valence-corrected chi connectivity index (χ4v) is 3.18. The third-order valence-electron chi connectivity index (χ3n) is 1.89. The maximum absolute atomic E-state index is 11.9. The average molecular weight is 290 g/mol. The molecule has 0 saturated carbocycles. The van der Waals surface area contributed by atoms with Crippen LogP contribution in [0, 0.1) is 0 Å². The number of halogens is 1. The van der Waals surface area contributed by atoms with E-state index in [4.69, 9.17) is 17.3 Å². The first-order valence-corrected chi connectivity index (χ1v) is 7.15. The Hall–Kier alpha value is -1.31. The number of benzene rings is 1. The van der Waals surface area contributed by atoms with E-state index in [0.29, 0.717) is 10.0 Å². The molecule has 1 aromatic carbocycles. The van der Waals surface area contributed by atoms with Gasteiger partial charge in [-0.2, -0.15) is 0 Å². The zero-order valence-corrected chi connectivity index (χ0v) is 10.8. The van der Waals surface area contributed by atoms with Gasteiger partial charge in [-0.15, -0.1) is 0 Å². The van der Waals surface area contributed by atoms with Crippen LogP contribution in [0.25, 0.3) is 0 Å². The number of nitrogen functional groups attached to an aromatic ring is 1. The molecule has 8 heteroatoms. The number of nitrogens with zero attached hydrogens (tertiary/aromatic N) is 1. The van der Waals surface area contributed by atoms with Crippen LogP contribution in [0.1, 0.15) is 0 Å². The molecule has 0 fully saturated rings. The first-order chi connectivity index (χ1) is 7.97. The van der Waals surface area contributed by atoms with Crippen molar-refractivity contribution in [3.05, 3.63) is 34.8 Å². The highest BCUT2D eigenvalue weighted by Crippen LogP contribution is 2.25. The van der Waals surface area contributed by atoms with Crippen molar-refractivity contribution in [1.29, 1.82) is 0 Å². The molecule has 0 atom stereocenters. The molecule has 0 unspecified atom stereocenters. The van der Waals surface area contributed by atoms with Crippen molar-refractivity contribution in [3.8, 4) is 0 Å². The van der Waals surface area contributed by atoms with Crippen molar-refractivity contribution in [2.24, 2.45) is 0 Å². The Bertz CT molecular complexity index is 622. The molecule has 0 saturated heterocycles. The van der Waals surface area contributed by atoms with Gasteiger partial charge in [-0.1, -0.05) is 22.9 Å². The lowest BCUT2D eigenvalue weighted by molar-refractivity contribution is 0.601. The van der Waals surface area contributed by atoms with Crippen molar-refractivity contribution in [1.82, 2.24) is 4.98 Å². The van der Waals surface area contributed by atoms with E-state index in [9.17, 15) is 8.42 Å². The van der Waals surface area contributed by atoms with E-state index in [2.05, 4.69) is 9.71 Å². The van der Waals surface area contributed by atoms with Crippen molar-refractivity contribution in [2.75, 3.05) is 10.5 Å². The van der Waals surface area contributed by atoms with Crippen LogP contribution in [-0.2, 0) is 10.0 Å². The molecular weight excluding hydrogens is 282 g/mol. The zero-order valence-electron chi connectivity index (χ0n) is 8.42. The lowest BCUT2D eigenvalue weighted by Crippen LogP contribution is -2.12. The van der Waals surface area contributed by atoms with Crippen molar-refractivity contribution in [3.63, 3.8) is 0 Å². The van der Waals surface area contributed by atoms with Gasteiger partial charge >= 0.3 is 0 Å². The van der Waals surface area contributed by atoms with Gasteiger partial charge in [0.15, 0.2) is 5.13 Å². The first kappa shape index (κ1) is 12.2. The second-order valence-electron chi connectivity index (χ2n) is 3.14. The number of anilines is 2. The smallest absolute Gasteiger partial charge is 0.263 e. The summed E-state index contributed by atoms with van der Waals surface area (Å²) in [5.41, 5.74) is 5.98. The number of sulfonamides is 1. The second kappa shape index (κ2) is 4.52. The lowest BCUT2D eigenvalue weighted by atomic mass is 10.3. The Morgan fingerprint density at radius 2 is 1.94 bits per heavy atom. The first-order valence-electron chi connectivity index (χ1n) is 4.47. The van der Waals surface area contributed by atoms with E-state index >= 15 is 0 Å². The minimum absolute atomic E-state index is 0.123. The molecule has 5 nitrogen and oxygen atoms in total. The van der Waals surface area contributed by atoms with Crippen LogP contribution in [0.2, 0.25) is 4.34 Å². The Labute approximate surface area is 107 Å². The van der Waals surface area contributed by atoms with Gasteiger partial charge in [-0.25, -0.2) is 13.4 Å². The van der Waals surface area contributed by atoms with Gasteiger partial charge in [0.2, 0.25) is 0 Å². The molecule has 1 aromatic heterocycles. The van der Waals surface area contributed by atoms with Crippen LogP contribution in [0.15, 0.2) is 35.4 Å². The number of aromatic nitrogens is 1. The highest BCUT2D eigenvalue weighted by Gasteiger charge is 2.15. The molecule has 0 bridgehead atoms. The number of thiazole rings is 1. The topological polar surface area (TPSA) is 85.1 Å². The van der Waals surface area contributed by atoms with Crippen molar-refractivity contribution in [2.45, 2.75) is 4.90 Å². The maximum atomic E-state index is 11.9. The molecule has 1 heterocycles. The summed E-state index contributed by atoms with van der Waals surface area (Å²) >= 11 is 6.71. The van der Waals surface area contributed by atoms with Crippen LogP contribution >= 0.6 is 22.9 Å². The van der Waals surface area contributed by atoms with Gasteiger partial charge in [0.25, 0.3) is 10.0 Å². The van der Waals surface area contributed by atoms with Crippen molar-refractivity contribution < 1.29 is 8.42 Å².